The van der Waals surface area contributed by atoms with Gasteiger partial charge in [-0.25, -0.2) is 4.98 Å². The van der Waals surface area contributed by atoms with Gasteiger partial charge in [-0.15, -0.1) is 24.8 Å². The molecule has 0 spiro atoms. The van der Waals surface area contributed by atoms with Crippen LogP contribution in [0.25, 0.3) is 0 Å². The summed E-state index contributed by atoms with van der Waals surface area (Å²) in [5.74, 6) is 1.10. The summed E-state index contributed by atoms with van der Waals surface area (Å²) in [4.78, 5) is 10.6. The second-order valence-electron chi connectivity index (χ2n) is 4.43. The molecule has 1 saturated heterocycles. The number of piperazine rings is 1. The van der Waals surface area contributed by atoms with Gasteiger partial charge < -0.3 is 15.2 Å². The lowest BCUT2D eigenvalue weighted by Crippen LogP contribution is -2.44. The zero-order valence-electron chi connectivity index (χ0n) is 9.87. The highest BCUT2D eigenvalue weighted by atomic mass is 35.5. The Bertz CT molecular complexity index is 324. The Balaban J connectivity index is 0.000000722. The van der Waals surface area contributed by atoms with Gasteiger partial charge in [-0.2, -0.15) is 0 Å². The Morgan fingerprint density at radius 1 is 1.00 bits per heavy atom. The zero-order valence-corrected chi connectivity index (χ0v) is 11.5. The van der Waals surface area contributed by atoms with E-state index in [0.29, 0.717) is 0 Å². The van der Waals surface area contributed by atoms with Gasteiger partial charge in [0.15, 0.2) is 0 Å². The van der Waals surface area contributed by atoms with Crippen molar-refractivity contribution in [2.75, 3.05) is 31.1 Å². The first-order valence-corrected chi connectivity index (χ1v) is 5.97. The summed E-state index contributed by atoms with van der Waals surface area (Å²) in [6, 6.07) is 0. The molecule has 3 rings (SSSR count). The third kappa shape index (κ3) is 3.06. The molecule has 0 saturated carbocycles. The maximum absolute atomic E-state index is 4.72. The monoisotopic (exact) mass is 278 g/mol. The minimum absolute atomic E-state index is 0. The van der Waals surface area contributed by atoms with E-state index in [1.807, 2.05) is 0 Å². The molecule has 0 radical (unpaired) electrons. The molecule has 1 fully saturated rings. The van der Waals surface area contributed by atoms with E-state index < -0.39 is 0 Å². The molecular weight excluding hydrogens is 259 g/mol. The minimum atomic E-state index is 0. The van der Waals surface area contributed by atoms with Gasteiger partial charge in [0.1, 0.15) is 0 Å². The number of hydrogen-bond donors (Lipinski definition) is 2. The first kappa shape index (κ1) is 14.6. The van der Waals surface area contributed by atoms with Gasteiger partial charge in [0.2, 0.25) is 5.95 Å². The smallest absolute Gasteiger partial charge is 0.203 e. The van der Waals surface area contributed by atoms with Crippen LogP contribution in [-0.2, 0) is 12.8 Å². The quantitative estimate of drug-likeness (QED) is 0.819. The minimum Gasteiger partial charge on any atom is -0.340 e. The lowest BCUT2D eigenvalue weighted by molar-refractivity contribution is 0.581. The molecule has 1 aliphatic carbocycles. The normalized spacial score (nSPS) is 18.9. The first-order chi connectivity index (χ1) is 7.43. The molecule has 2 aliphatic rings. The predicted octanol–water partition coefficient (Wildman–Crippen LogP) is 1.54. The lowest BCUT2D eigenvalue weighted by atomic mass is 10.0. The molecule has 4 nitrogen and oxygen atoms in total. The highest BCUT2D eigenvalue weighted by Gasteiger charge is 2.18. The number of imidazole rings is 1. The molecule has 1 aromatic heterocycles. The van der Waals surface area contributed by atoms with E-state index >= 15 is 0 Å². The second kappa shape index (κ2) is 6.47. The standard InChI is InChI=1S/C11H18N4.2ClH/c1-2-4-10-9(3-1)13-11(14-10)15-7-5-12-6-8-15;;/h12H,1-8H2,(H,13,14);2*1H. The highest BCUT2D eigenvalue weighted by Crippen LogP contribution is 2.22. The van der Waals surface area contributed by atoms with Gasteiger partial charge in [-0.05, 0) is 25.7 Å². The maximum Gasteiger partial charge on any atom is 0.203 e. The van der Waals surface area contributed by atoms with Crippen molar-refractivity contribution in [3.63, 3.8) is 0 Å². The van der Waals surface area contributed by atoms with Gasteiger partial charge in [0, 0.05) is 31.9 Å². The number of aromatic amines is 1. The average Bonchev–Trinajstić information content (AvgIpc) is 2.74. The van der Waals surface area contributed by atoms with Gasteiger partial charge in [-0.1, -0.05) is 0 Å². The van der Waals surface area contributed by atoms with Crippen molar-refractivity contribution < 1.29 is 0 Å². The summed E-state index contributed by atoms with van der Waals surface area (Å²) < 4.78 is 0. The highest BCUT2D eigenvalue weighted by molar-refractivity contribution is 5.85. The molecule has 1 aliphatic heterocycles. The molecule has 0 amide bonds. The van der Waals surface area contributed by atoms with E-state index in [4.69, 9.17) is 4.98 Å². The number of fused-ring (bicyclic) bond motifs is 1. The molecule has 1 aromatic rings. The topological polar surface area (TPSA) is 44.0 Å². The molecule has 2 N–H and O–H groups in total. The molecule has 17 heavy (non-hydrogen) atoms. The van der Waals surface area contributed by atoms with E-state index in [-0.39, 0.29) is 24.8 Å². The zero-order chi connectivity index (χ0) is 10.1. The molecule has 0 atom stereocenters. The number of aromatic nitrogens is 2. The Kier molecular flexibility index (Phi) is 5.56. The Hall–Kier alpha value is -0.450. The number of hydrogen-bond acceptors (Lipinski definition) is 3. The van der Waals surface area contributed by atoms with E-state index in [1.54, 1.807) is 0 Å². The van der Waals surface area contributed by atoms with Crippen molar-refractivity contribution >= 4 is 30.8 Å². The third-order valence-electron chi connectivity index (χ3n) is 3.36. The lowest BCUT2D eigenvalue weighted by Gasteiger charge is -2.26. The number of rotatable bonds is 1. The Morgan fingerprint density at radius 3 is 2.41 bits per heavy atom. The van der Waals surface area contributed by atoms with Crippen molar-refractivity contribution in [3.8, 4) is 0 Å². The van der Waals surface area contributed by atoms with Crippen LogP contribution in [0.15, 0.2) is 0 Å². The van der Waals surface area contributed by atoms with E-state index in [9.17, 15) is 0 Å². The van der Waals surface area contributed by atoms with Crippen LogP contribution in [0.5, 0.6) is 0 Å². The predicted molar refractivity (Wildman–Crippen MR) is 74.8 cm³/mol. The molecule has 2 heterocycles. The largest absolute Gasteiger partial charge is 0.340 e. The summed E-state index contributed by atoms with van der Waals surface area (Å²) in [6.07, 6.45) is 4.97. The van der Waals surface area contributed by atoms with Crippen LogP contribution >= 0.6 is 24.8 Å². The van der Waals surface area contributed by atoms with Gasteiger partial charge in [0.05, 0.1) is 5.69 Å². The fourth-order valence-electron chi connectivity index (χ4n) is 2.46. The van der Waals surface area contributed by atoms with Crippen LogP contribution in [0.3, 0.4) is 0 Å². The second-order valence-corrected chi connectivity index (χ2v) is 4.43. The van der Waals surface area contributed by atoms with Crippen LogP contribution in [-0.4, -0.2) is 36.1 Å². The molecule has 0 aromatic carbocycles. The molecule has 0 unspecified atom stereocenters. The summed E-state index contributed by atoms with van der Waals surface area (Å²) in [5, 5.41) is 3.36. The van der Waals surface area contributed by atoms with Gasteiger partial charge in [-0.3, -0.25) is 0 Å². The van der Waals surface area contributed by atoms with Crippen LogP contribution in [0.4, 0.5) is 5.95 Å². The van der Waals surface area contributed by atoms with Crippen LogP contribution in [0, 0.1) is 0 Å². The summed E-state index contributed by atoms with van der Waals surface area (Å²) >= 11 is 0. The van der Waals surface area contributed by atoms with Crippen LogP contribution < -0.4 is 10.2 Å². The number of aryl methyl sites for hydroxylation is 2. The van der Waals surface area contributed by atoms with Gasteiger partial charge in [0.25, 0.3) is 0 Å². The third-order valence-corrected chi connectivity index (χ3v) is 3.36. The van der Waals surface area contributed by atoms with Crippen LogP contribution in [0.2, 0.25) is 0 Å². The number of halogens is 2. The molecule has 6 heteroatoms. The number of nitrogens with one attached hydrogen (secondary N) is 2. The van der Waals surface area contributed by atoms with Crippen molar-refractivity contribution in [2.45, 2.75) is 25.7 Å². The fraction of sp³-hybridized carbons (Fsp3) is 0.727. The van der Waals surface area contributed by atoms with Crippen molar-refractivity contribution in [2.24, 2.45) is 0 Å². The summed E-state index contributed by atoms with van der Waals surface area (Å²) in [5.41, 5.74) is 2.70. The SMILES string of the molecule is C1CCc2[nH]c(N3CCNCC3)nc2C1.Cl.Cl. The van der Waals surface area contributed by atoms with Crippen molar-refractivity contribution in [1.29, 1.82) is 0 Å². The van der Waals surface area contributed by atoms with E-state index in [2.05, 4.69) is 15.2 Å². The average molecular weight is 279 g/mol. The fourth-order valence-corrected chi connectivity index (χ4v) is 2.46. The number of H-pyrrole nitrogens is 1. The molecular formula is C11H20Cl2N4. The number of nitrogens with zero attached hydrogens (tertiary/aromatic N) is 2. The Labute approximate surface area is 114 Å². The van der Waals surface area contributed by atoms with Crippen molar-refractivity contribution in [1.82, 2.24) is 15.3 Å². The Morgan fingerprint density at radius 2 is 1.71 bits per heavy atom. The summed E-state index contributed by atoms with van der Waals surface area (Å²) in [6.45, 7) is 4.30. The van der Waals surface area contributed by atoms with E-state index in [1.165, 1.54) is 30.7 Å². The summed E-state index contributed by atoms with van der Waals surface area (Å²) in [7, 11) is 0. The first-order valence-electron chi connectivity index (χ1n) is 5.97. The number of anilines is 1. The van der Waals surface area contributed by atoms with Gasteiger partial charge >= 0.3 is 0 Å². The van der Waals surface area contributed by atoms with E-state index in [0.717, 1.165) is 38.5 Å². The van der Waals surface area contributed by atoms with Crippen molar-refractivity contribution in [3.05, 3.63) is 11.4 Å². The maximum atomic E-state index is 4.72. The van der Waals surface area contributed by atoms with Crippen LogP contribution in [0.1, 0.15) is 24.2 Å². The molecule has 0 bridgehead atoms. The molecule has 98 valence electrons.